The van der Waals surface area contributed by atoms with Crippen molar-refractivity contribution in [3.63, 3.8) is 0 Å². The van der Waals surface area contributed by atoms with E-state index in [0.717, 1.165) is 0 Å². The van der Waals surface area contributed by atoms with E-state index in [4.69, 9.17) is 0 Å². The maximum atomic E-state index is 2.19. The highest BCUT2D eigenvalue weighted by molar-refractivity contribution is 6.27. The second-order valence-electron chi connectivity index (χ2n) is 1.62. The Morgan fingerprint density at radius 1 is 1.75 bits per heavy atom. The summed E-state index contributed by atoms with van der Waals surface area (Å²) in [6.07, 6.45) is 4.20. The van der Waals surface area contributed by atoms with Gasteiger partial charge in [0.1, 0.15) is 12.4 Å². The van der Waals surface area contributed by atoms with E-state index in [1.165, 1.54) is 5.72 Å². The van der Waals surface area contributed by atoms with Crippen LogP contribution in [0.1, 0.15) is 0 Å². The van der Waals surface area contributed by atoms with E-state index in [1.807, 2.05) is 0 Å². The third kappa shape index (κ3) is 0.640. The minimum Gasteiger partial charge on any atom is -0.275 e. The number of rotatable bonds is 0. The molecule has 0 spiro atoms. The molecule has 0 fully saturated rings. The highest BCUT2D eigenvalue weighted by atomic mass is 15.1. The first-order valence-electron chi connectivity index (χ1n) is 2.19. The maximum absolute atomic E-state index is 2.19. The molecule has 0 unspecified atom stereocenters. The Hall–Kier alpha value is -0.725. The molecule has 0 radical (unpaired) electrons. The van der Waals surface area contributed by atoms with Gasteiger partial charge in [0.25, 0.3) is 0 Å². The molecule has 0 aromatic carbocycles. The number of hydrogen-bond donors (Lipinski definition) is 0. The molecule has 8 heavy (non-hydrogen) atoms. The fourth-order valence-corrected chi connectivity index (χ4v) is 0.515. The first kappa shape index (κ1) is 5.41. The van der Waals surface area contributed by atoms with Crippen molar-refractivity contribution >= 4 is 13.6 Å². The maximum Gasteiger partial charge on any atom is 0.126 e. The van der Waals surface area contributed by atoms with Crippen LogP contribution in [0.2, 0.25) is 0 Å². The summed E-state index contributed by atoms with van der Waals surface area (Å²) >= 11 is 0. The van der Waals surface area contributed by atoms with Crippen LogP contribution >= 0.6 is 0 Å². The van der Waals surface area contributed by atoms with E-state index in [0.29, 0.717) is 7.85 Å². The summed E-state index contributed by atoms with van der Waals surface area (Å²) in [5, 5.41) is 0. The largest absolute Gasteiger partial charge is 0.275 e. The second-order valence-corrected chi connectivity index (χ2v) is 1.62. The van der Waals surface area contributed by atoms with Gasteiger partial charge in [0.15, 0.2) is 0 Å². The number of aryl methyl sites for hydroxylation is 2. The van der Waals surface area contributed by atoms with Gasteiger partial charge in [0.05, 0.1) is 27.7 Å². The Kier molecular flexibility index (Phi) is 1.12. The predicted molar refractivity (Wildman–Crippen MR) is 36.2 cm³/mol. The topological polar surface area (TPSA) is 8.81 Å². The molecule has 1 aromatic rings. The summed E-state index contributed by atoms with van der Waals surface area (Å²) in [4.78, 5) is 0. The zero-order valence-corrected chi connectivity index (χ0v) is 4.55. The van der Waals surface area contributed by atoms with Crippen LogP contribution in [0.25, 0.3) is 0 Å². The summed E-state index contributed by atoms with van der Waals surface area (Å²) in [6, 6.07) is 0. The van der Waals surface area contributed by atoms with Crippen molar-refractivity contribution in [2.45, 2.75) is 0 Å². The van der Waals surface area contributed by atoms with Gasteiger partial charge in [0.2, 0.25) is 0 Å². The third-order valence-electron chi connectivity index (χ3n) is 0.829. The van der Waals surface area contributed by atoms with E-state index in [9.17, 15) is 0 Å². The first-order valence-corrected chi connectivity index (χ1v) is 2.19. The molecule has 0 aliphatic heterocycles. The summed E-state index contributed by atoms with van der Waals surface area (Å²) in [6.45, 7) is 0. The molecule has 0 aliphatic carbocycles. The van der Waals surface area contributed by atoms with Gasteiger partial charge in [-0.1, -0.05) is 0 Å². The van der Waals surface area contributed by atoms with E-state index in [1.54, 1.807) is 0 Å². The lowest BCUT2D eigenvalue weighted by atomic mass is 10.1. The van der Waals surface area contributed by atoms with Crippen molar-refractivity contribution in [2.24, 2.45) is 14.1 Å². The van der Waals surface area contributed by atoms with Gasteiger partial charge in [-0.15, -0.1) is 0 Å². The van der Waals surface area contributed by atoms with Crippen molar-refractivity contribution < 1.29 is 4.57 Å². The van der Waals surface area contributed by atoms with Crippen LogP contribution in [0, 0.1) is 0 Å². The summed E-state index contributed by atoms with van der Waals surface area (Å²) in [7, 11) is 4.56. The Balaban J connectivity index is 3.19. The van der Waals surface area contributed by atoms with Crippen LogP contribution in [0.3, 0.4) is 0 Å². The fourth-order valence-electron chi connectivity index (χ4n) is 0.515. The van der Waals surface area contributed by atoms with Gasteiger partial charge in [-0.2, -0.15) is 0 Å². The Morgan fingerprint density at radius 3 is 2.50 bits per heavy atom. The average Bonchev–Trinajstić information content (AvgIpc) is 1.98. The standard InChI is InChI=1S/C5H11BN2/c1-7-3-4-8(2)5(7)6/h3-4H,1-2,6H3. The number of aromatic nitrogens is 2. The summed E-state index contributed by atoms with van der Waals surface area (Å²) in [5.41, 5.74) is 1.52. The first-order chi connectivity index (χ1) is 3.72. The molecule has 0 bridgehead atoms. The average molecular weight is 110 g/mol. The second kappa shape index (κ2) is 1.65. The van der Waals surface area contributed by atoms with Crippen LogP contribution in [-0.2, 0) is 14.1 Å². The molecule has 0 aliphatic rings. The van der Waals surface area contributed by atoms with Crippen molar-refractivity contribution in [2.75, 3.05) is 0 Å². The van der Waals surface area contributed by atoms with Crippen LogP contribution in [0.4, 0.5) is 0 Å². The van der Waals surface area contributed by atoms with E-state index < -0.39 is 0 Å². The van der Waals surface area contributed by atoms with Gasteiger partial charge in [-0.3, -0.25) is 9.13 Å². The monoisotopic (exact) mass is 110 g/mol. The van der Waals surface area contributed by atoms with Crippen molar-refractivity contribution in [1.82, 2.24) is 4.57 Å². The van der Waals surface area contributed by atoms with Gasteiger partial charge in [-0.25, -0.2) is 0 Å². The number of imidazole rings is 1. The molecule has 1 heterocycles. The lowest BCUT2D eigenvalue weighted by Crippen LogP contribution is -2.45. The van der Waals surface area contributed by atoms with Gasteiger partial charge in [0, 0.05) is 0 Å². The zero-order chi connectivity index (χ0) is 6.15. The van der Waals surface area contributed by atoms with Crippen LogP contribution in [-0.4, -0.2) is 12.4 Å². The molecule has 0 amide bonds. The molecule has 0 saturated carbocycles. The van der Waals surface area contributed by atoms with Crippen LogP contribution in [0.5, 0.6) is 0 Å². The van der Waals surface area contributed by atoms with Crippen LogP contribution < -0.4 is 10.3 Å². The minimum absolute atomic E-state index is 0.361. The van der Waals surface area contributed by atoms with Crippen molar-refractivity contribution in [1.29, 1.82) is 0 Å². The lowest BCUT2D eigenvalue weighted by Gasteiger charge is -1.91. The molecule has 0 saturated heterocycles. The molecule has 1 rings (SSSR count). The molecule has 1 aromatic heterocycles. The quantitative estimate of drug-likeness (QED) is 0.265. The molecular formula is C5H11BN2. The van der Waals surface area contributed by atoms with Gasteiger partial charge < -0.3 is 0 Å². The van der Waals surface area contributed by atoms with Crippen molar-refractivity contribution in [3.05, 3.63) is 12.4 Å². The molecule has 0 atom stereocenters. The smallest absolute Gasteiger partial charge is 0.126 e. The SMILES string of the molecule is [BH3-]c1n(C)cc[n+]1C. The fraction of sp³-hybridized carbons (Fsp3) is 0.400. The molecule has 2 nitrogen and oxygen atoms in total. The zero-order valence-electron chi connectivity index (χ0n) is 4.55. The molecule has 0 N–H and O–H groups in total. The third-order valence-corrected chi connectivity index (χ3v) is 0.829. The predicted octanol–water partition coefficient (Wildman–Crippen LogP) is -2.16. The Morgan fingerprint density at radius 2 is 2.38 bits per heavy atom. The Labute approximate surface area is 50.2 Å². The number of hydrogen-bond acceptors (Lipinski definition) is 0. The normalized spacial score (nSPS) is 9.88. The van der Waals surface area contributed by atoms with E-state index in [2.05, 4.69) is 35.6 Å². The van der Waals surface area contributed by atoms with Crippen LogP contribution in [0.15, 0.2) is 12.4 Å². The van der Waals surface area contributed by atoms with Gasteiger partial charge >= 0.3 is 0 Å². The summed E-state index contributed by atoms with van der Waals surface area (Å²) in [5.74, 6) is 0. The highest BCUT2D eigenvalue weighted by Gasteiger charge is 1.94. The number of nitrogens with zero attached hydrogens (tertiary/aromatic N) is 2. The molecule has 3 heteroatoms. The Bertz CT molecular complexity index is 173. The van der Waals surface area contributed by atoms with E-state index in [-0.39, 0.29) is 0 Å². The van der Waals surface area contributed by atoms with Crippen molar-refractivity contribution in [3.8, 4) is 0 Å². The minimum atomic E-state index is 0.361. The van der Waals surface area contributed by atoms with Gasteiger partial charge in [-0.05, 0) is 0 Å². The molecule has 44 valence electrons. The van der Waals surface area contributed by atoms with E-state index >= 15 is 0 Å². The molecular weight excluding hydrogens is 98.9 g/mol. The summed E-state index contributed by atoms with van der Waals surface area (Å²) < 4.78 is 4.39. The lowest BCUT2D eigenvalue weighted by molar-refractivity contribution is -0.652. The highest BCUT2D eigenvalue weighted by Crippen LogP contribution is 1.67.